The molecule has 0 fully saturated rings. The van der Waals surface area contributed by atoms with Crippen molar-refractivity contribution in [1.82, 2.24) is 4.57 Å². The molecule has 2 heterocycles. The monoisotopic (exact) mass is 699 g/mol. The number of aromatic nitrogens is 1. The van der Waals surface area contributed by atoms with Crippen molar-refractivity contribution in [2.75, 3.05) is 40.6 Å². The molecule has 0 bridgehead atoms. The molecule has 0 saturated carbocycles. The number of hydrogen-bond acceptors (Lipinski definition) is 12. The van der Waals surface area contributed by atoms with Gasteiger partial charge in [0.1, 0.15) is 6.07 Å². The van der Waals surface area contributed by atoms with Gasteiger partial charge in [-0.15, -0.1) is 0 Å². The summed E-state index contributed by atoms with van der Waals surface area (Å²) < 4.78 is 35.0. The molecule has 3 aromatic rings. The first-order valence-corrected chi connectivity index (χ1v) is 15.3. The summed E-state index contributed by atoms with van der Waals surface area (Å²) in [6, 6.07) is 9.38. The number of fused-ring (bicyclic) bond motifs is 1. The summed E-state index contributed by atoms with van der Waals surface area (Å²) in [6.07, 6.45) is 1.62. The Kier molecular flexibility index (Phi) is 11.0. The van der Waals surface area contributed by atoms with Crippen LogP contribution in [0.3, 0.4) is 0 Å². The third-order valence-electron chi connectivity index (χ3n) is 6.51. The second-order valence-corrected chi connectivity index (χ2v) is 11.2. The van der Waals surface area contributed by atoms with E-state index in [-0.39, 0.29) is 43.5 Å². The lowest BCUT2D eigenvalue weighted by atomic mass is 9.95. The number of hydrogen-bond donors (Lipinski definition) is 0. The van der Waals surface area contributed by atoms with Gasteiger partial charge in [0.05, 0.1) is 49.3 Å². The topological polar surface area (TPSA) is 148 Å². The molecule has 1 aliphatic heterocycles. The third kappa shape index (κ3) is 7.21. The lowest BCUT2D eigenvalue weighted by Gasteiger charge is -2.25. The van der Waals surface area contributed by atoms with E-state index in [2.05, 4.69) is 25.7 Å². The van der Waals surface area contributed by atoms with E-state index >= 15 is 0 Å². The van der Waals surface area contributed by atoms with Crippen molar-refractivity contribution < 1.29 is 38.0 Å². The van der Waals surface area contributed by atoms with Crippen LogP contribution >= 0.6 is 27.3 Å². The number of nitrogens with zero attached hydrogens (tertiary/aromatic N) is 3. The summed E-state index contributed by atoms with van der Waals surface area (Å²) in [5.74, 6) is 0.0588. The van der Waals surface area contributed by atoms with Gasteiger partial charge in [0.15, 0.2) is 41.0 Å². The number of allylic oxidation sites excluding steroid dienone is 1. The molecule has 14 heteroatoms. The van der Waals surface area contributed by atoms with Crippen molar-refractivity contribution in [2.24, 2.45) is 4.99 Å². The second-order valence-electron chi connectivity index (χ2n) is 9.28. The van der Waals surface area contributed by atoms with Crippen LogP contribution in [0.15, 0.2) is 55.9 Å². The molecule has 4 rings (SSSR count). The zero-order valence-electron chi connectivity index (χ0n) is 25.2. The maximum atomic E-state index is 14.2. The Morgan fingerprint density at radius 3 is 2.53 bits per heavy atom. The van der Waals surface area contributed by atoms with Crippen LogP contribution in [0, 0.1) is 11.3 Å². The van der Waals surface area contributed by atoms with Crippen LogP contribution in [-0.4, -0.2) is 57.2 Å². The van der Waals surface area contributed by atoms with E-state index in [0.717, 1.165) is 11.3 Å². The van der Waals surface area contributed by atoms with Gasteiger partial charge in [0.25, 0.3) is 5.56 Å². The SMILES string of the molecule is CCOC(=O)C1=C(C)N=c2s/c(=C/c3cc(Br)cc(OC)c3OCC#N)c(=O)n2[C@H]1c1ccc(OCC(=O)OC)c(OCC)c1. The van der Waals surface area contributed by atoms with Crippen LogP contribution in [0.4, 0.5) is 0 Å². The molecule has 45 heavy (non-hydrogen) atoms. The maximum absolute atomic E-state index is 14.2. The normalized spacial score (nSPS) is 14.2. The minimum atomic E-state index is -0.928. The average molecular weight is 701 g/mol. The van der Waals surface area contributed by atoms with Gasteiger partial charge in [-0.3, -0.25) is 9.36 Å². The average Bonchev–Trinajstić information content (AvgIpc) is 3.32. The molecule has 0 saturated heterocycles. The molecule has 0 spiro atoms. The first-order valence-electron chi connectivity index (χ1n) is 13.7. The lowest BCUT2D eigenvalue weighted by molar-refractivity contribution is -0.143. The highest BCUT2D eigenvalue weighted by Gasteiger charge is 2.34. The fraction of sp³-hybridized carbons (Fsp3) is 0.323. The third-order valence-corrected chi connectivity index (χ3v) is 7.95. The van der Waals surface area contributed by atoms with Gasteiger partial charge in [-0.2, -0.15) is 5.26 Å². The predicted molar refractivity (Wildman–Crippen MR) is 167 cm³/mol. The Balaban J connectivity index is 1.94. The molecule has 236 valence electrons. The van der Waals surface area contributed by atoms with Crippen LogP contribution < -0.4 is 33.8 Å². The number of nitriles is 1. The predicted octanol–water partition coefficient (Wildman–Crippen LogP) is 3.42. The number of rotatable bonds is 12. The molecule has 1 atom stereocenters. The number of ether oxygens (including phenoxy) is 6. The van der Waals surface area contributed by atoms with Gasteiger partial charge >= 0.3 is 11.9 Å². The van der Waals surface area contributed by atoms with Crippen molar-refractivity contribution in [3.05, 3.63) is 76.9 Å². The zero-order chi connectivity index (χ0) is 32.7. The Bertz CT molecular complexity index is 1870. The van der Waals surface area contributed by atoms with Gasteiger partial charge < -0.3 is 28.4 Å². The summed E-state index contributed by atoms with van der Waals surface area (Å²) in [5.41, 5.74) is 1.16. The Morgan fingerprint density at radius 2 is 1.87 bits per heavy atom. The van der Waals surface area contributed by atoms with E-state index < -0.39 is 23.5 Å². The van der Waals surface area contributed by atoms with Crippen LogP contribution in [-0.2, 0) is 19.1 Å². The molecular weight excluding hydrogens is 670 g/mol. The Morgan fingerprint density at radius 1 is 1.09 bits per heavy atom. The van der Waals surface area contributed by atoms with E-state index in [4.69, 9.17) is 28.9 Å². The highest BCUT2D eigenvalue weighted by Crippen LogP contribution is 2.37. The quantitative estimate of drug-likeness (QED) is 0.258. The minimum absolute atomic E-state index is 0.118. The van der Waals surface area contributed by atoms with Crippen LogP contribution in [0.2, 0.25) is 0 Å². The summed E-state index contributed by atoms with van der Waals surface area (Å²) >= 11 is 4.58. The number of carbonyl (C=O) groups is 2. The highest BCUT2D eigenvalue weighted by atomic mass is 79.9. The lowest BCUT2D eigenvalue weighted by Crippen LogP contribution is -2.40. The highest BCUT2D eigenvalue weighted by molar-refractivity contribution is 9.10. The molecule has 1 aliphatic rings. The largest absolute Gasteiger partial charge is 0.493 e. The molecule has 0 N–H and O–H groups in total. The molecule has 0 aliphatic carbocycles. The summed E-state index contributed by atoms with van der Waals surface area (Å²) in [6.45, 7) is 5.00. The van der Waals surface area contributed by atoms with Gasteiger partial charge in [-0.05, 0) is 56.7 Å². The molecule has 1 aromatic heterocycles. The fourth-order valence-corrected chi connectivity index (χ4v) is 6.12. The smallest absolute Gasteiger partial charge is 0.343 e. The summed E-state index contributed by atoms with van der Waals surface area (Å²) in [4.78, 5) is 44.1. The minimum Gasteiger partial charge on any atom is -0.493 e. The number of halogens is 1. The molecular formula is C31H30BrN3O9S. The Labute approximate surface area is 270 Å². The van der Waals surface area contributed by atoms with Gasteiger partial charge in [-0.25, -0.2) is 14.6 Å². The van der Waals surface area contributed by atoms with Gasteiger partial charge in [0, 0.05) is 10.0 Å². The summed E-state index contributed by atoms with van der Waals surface area (Å²) in [5, 5.41) is 9.11. The van der Waals surface area contributed by atoms with Crippen molar-refractivity contribution >= 4 is 45.3 Å². The number of thiazole rings is 1. The van der Waals surface area contributed by atoms with E-state index in [9.17, 15) is 14.4 Å². The molecule has 0 amide bonds. The molecule has 0 radical (unpaired) electrons. The van der Waals surface area contributed by atoms with E-state index in [1.165, 1.54) is 18.8 Å². The van der Waals surface area contributed by atoms with E-state index in [1.807, 2.05) is 6.07 Å². The van der Waals surface area contributed by atoms with E-state index in [0.29, 0.717) is 42.1 Å². The molecule has 12 nitrogen and oxygen atoms in total. The van der Waals surface area contributed by atoms with Crippen molar-refractivity contribution in [2.45, 2.75) is 26.8 Å². The van der Waals surface area contributed by atoms with Crippen LogP contribution in [0.25, 0.3) is 6.08 Å². The number of esters is 2. The van der Waals surface area contributed by atoms with Crippen molar-refractivity contribution in [3.8, 4) is 29.1 Å². The number of methoxy groups -OCH3 is 2. The van der Waals surface area contributed by atoms with Crippen LogP contribution in [0.1, 0.15) is 37.9 Å². The van der Waals surface area contributed by atoms with Crippen LogP contribution in [0.5, 0.6) is 23.0 Å². The first kappa shape index (κ1) is 33.3. The van der Waals surface area contributed by atoms with Crippen molar-refractivity contribution in [1.29, 1.82) is 5.26 Å². The number of benzene rings is 2. The molecule has 0 unspecified atom stereocenters. The second kappa shape index (κ2) is 14.9. The summed E-state index contributed by atoms with van der Waals surface area (Å²) in [7, 11) is 2.73. The Hall–Kier alpha value is -4.61. The molecule has 2 aromatic carbocycles. The van der Waals surface area contributed by atoms with E-state index in [1.54, 1.807) is 57.2 Å². The first-order chi connectivity index (χ1) is 21.7. The van der Waals surface area contributed by atoms with Crippen molar-refractivity contribution in [3.63, 3.8) is 0 Å². The maximum Gasteiger partial charge on any atom is 0.343 e. The number of carbonyl (C=O) groups excluding carboxylic acids is 2. The van der Waals surface area contributed by atoms with Gasteiger partial charge in [0.2, 0.25) is 0 Å². The zero-order valence-corrected chi connectivity index (χ0v) is 27.6. The fourth-order valence-electron chi connectivity index (χ4n) is 4.63. The standard InChI is InChI=1S/C31H30BrN3O9S/c1-6-41-22-13-18(8-9-21(22)44-16-25(36)40-5)27-26(30(38)42-7-2)17(3)34-31-35(27)29(37)24(45-31)14-19-12-20(32)15-23(39-4)28(19)43-11-10-33/h8-9,12-15,27H,6-7,11,16H2,1-5H3/b24-14+/t27-/m0/s1. The van der Waals surface area contributed by atoms with Gasteiger partial charge in [-0.1, -0.05) is 33.3 Å².